The molecule has 5 nitrogen and oxygen atoms in total. The van der Waals surface area contributed by atoms with E-state index in [0.29, 0.717) is 18.7 Å². The number of amides is 1. The molecule has 0 saturated heterocycles. The summed E-state index contributed by atoms with van der Waals surface area (Å²) in [6.07, 6.45) is 3.62. The summed E-state index contributed by atoms with van der Waals surface area (Å²) < 4.78 is 13.1. The van der Waals surface area contributed by atoms with Gasteiger partial charge in [-0.25, -0.2) is 4.39 Å². The number of carbonyl (C=O) groups excluding carboxylic acids is 1. The van der Waals surface area contributed by atoms with Gasteiger partial charge in [0.2, 0.25) is 5.91 Å². The maximum atomic E-state index is 13.1. The van der Waals surface area contributed by atoms with Crippen molar-refractivity contribution in [2.45, 2.75) is 39.5 Å². The molecular weight excluding hydrogens is 434 g/mol. The third kappa shape index (κ3) is 11.7. The number of hydrogen-bond donors (Lipinski definition) is 3. The van der Waals surface area contributed by atoms with Crippen LogP contribution in [0, 0.1) is 5.82 Å². The minimum Gasteiger partial charge on any atom is -0.357 e. The van der Waals surface area contributed by atoms with Crippen LogP contribution in [0.2, 0.25) is 0 Å². The lowest BCUT2D eigenvalue weighted by Gasteiger charge is -2.12. The van der Waals surface area contributed by atoms with E-state index in [-0.39, 0.29) is 42.1 Å². The molecule has 0 saturated carbocycles. The molecule has 7 heteroatoms. The molecule has 3 N–H and O–H groups in total. The molecule has 0 bridgehead atoms. The van der Waals surface area contributed by atoms with Crippen LogP contribution in [0.15, 0.2) is 29.3 Å². The van der Waals surface area contributed by atoms with Gasteiger partial charge in [0.25, 0.3) is 0 Å². The van der Waals surface area contributed by atoms with E-state index >= 15 is 0 Å². The Morgan fingerprint density at radius 3 is 2.56 bits per heavy atom. The van der Waals surface area contributed by atoms with Gasteiger partial charge in [-0.05, 0) is 31.0 Å². The number of hydrogen-bond acceptors (Lipinski definition) is 2. The van der Waals surface area contributed by atoms with Gasteiger partial charge in [0.05, 0.1) is 6.42 Å². The second-order valence-corrected chi connectivity index (χ2v) is 5.55. The highest BCUT2D eigenvalue weighted by atomic mass is 127. The molecule has 0 aromatic heterocycles. The molecule has 1 rings (SSSR count). The maximum Gasteiger partial charge on any atom is 0.224 e. The first-order valence-corrected chi connectivity index (χ1v) is 8.69. The Morgan fingerprint density at radius 1 is 1.12 bits per heavy atom. The molecule has 0 atom stereocenters. The van der Waals surface area contributed by atoms with Crippen LogP contribution in [0.25, 0.3) is 0 Å². The van der Waals surface area contributed by atoms with Crippen LogP contribution in [-0.4, -0.2) is 38.0 Å². The van der Waals surface area contributed by atoms with Crippen molar-refractivity contribution in [2.75, 3.05) is 26.2 Å². The number of carbonyl (C=O) groups is 1. The number of unbranched alkanes of at least 4 members (excludes halogenated alkanes) is 2. The number of rotatable bonds is 10. The topological polar surface area (TPSA) is 65.5 Å². The normalized spacial score (nSPS) is 10.8. The van der Waals surface area contributed by atoms with Crippen LogP contribution in [0.3, 0.4) is 0 Å². The molecule has 0 aliphatic heterocycles. The van der Waals surface area contributed by atoms with Crippen LogP contribution >= 0.6 is 24.0 Å². The van der Waals surface area contributed by atoms with E-state index < -0.39 is 0 Å². The molecule has 0 heterocycles. The summed E-state index contributed by atoms with van der Waals surface area (Å²) in [5.41, 5.74) is 0.672. The molecule has 0 aliphatic rings. The molecule has 1 amide bonds. The maximum absolute atomic E-state index is 13.1. The van der Waals surface area contributed by atoms with Crippen molar-refractivity contribution in [3.63, 3.8) is 0 Å². The molecule has 1 aromatic carbocycles. The first-order valence-electron chi connectivity index (χ1n) is 8.69. The van der Waals surface area contributed by atoms with Crippen molar-refractivity contribution in [3.8, 4) is 0 Å². The quantitative estimate of drug-likeness (QED) is 0.216. The van der Waals surface area contributed by atoms with E-state index in [9.17, 15) is 9.18 Å². The van der Waals surface area contributed by atoms with Gasteiger partial charge in [-0.2, -0.15) is 0 Å². The fraction of sp³-hybridized carbons (Fsp3) is 0.556. The highest BCUT2D eigenvalue weighted by molar-refractivity contribution is 14.0. The third-order valence-corrected chi connectivity index (χ3v) is 3.37. The summed E-state index contributed by atoms with van der Waals surface area (Å²) in [6.45, 7) is 6.87. The van der Waals surface area contributed by atoms with Crippen molar-refractivity contribution in [1.82, 2.24) is 16.0 Å². The summed E-state index contributed by atoms with van der Waals surface area (Å²) >= 11 is 0. The second-order valence-electron chi connectivity index (χ2n) is 5.55. The van der Waals surface area contributed by atoms with Gasteiger partial charge in [-0.15, -0.1) is 24.0 Å². The summed E-state index contributed by atoms with van der Waals surface area (Å²) in [7, 11) is 0. The highest BCUT2D eigenvalue weighted by Crippen LogP contribution is 2.03. The largest absolute Gasteiger partial charge is 0.357 e. The Morgan fingerprint density at radius 2 is 1.88 bits per heavy atom. The predicted octanol–water partition coefficient (Wildman–Crippen LogP) is 2.85. The zero-order valence-corrected chi connectivity index (χ0v) is 17.4. The van der Waals surface area contributed by atoms with Crippen molar-refractivity contribution >= 4 is 35.8 Å². The van der Waals surface area contributed by atoms with Crippen LogP contribution in [0.5, 0.6) is 0 Å². The smallest absolute Gasteiger partial charge is 0.224 e. The summed E-state index contributed by atoms with van der Waals surface area (Å²) in [4.78, 5) is 16.3. The zero-order chi connectivity index (χ0) is 17.6. The van der Waals surface area contributed by atoms with Crippen LogP contribution in [-0.2, 0) is 11.2 Å². The van der Waals surface area contributed by atoms with E-state index in [1.54, 1.807) is 12.1 Å². The first-order chi connectivity index (χ1) is 11.7. The Kier molecular flexibility index (Phi) is 14.1. The van der Waals surface area contributed by atoms with Gasteiger partial charge < -0.3 is 16.0 Å². The molecule has 25 heavy (non-hydrogen) atoms. The molecular formula is C18H30FIN4O. The fourth-order valence-electron chi connectivity index (χ4n) is 2.17. The molecule has 1 aromatic rings. The van der Waals surface area contributed by atoms with Crippen molar-refractivity contribution in [3.05, 3.63) is 35.6 Å². The number of halogens is 2. The standard InChI is InChI=1S/C18H29FN4O.HI/c1-3-5-6-10-22-18(20-4-2)23-12-11-21-17(24)14-15-8-7-9-16(19)13-15;/h7-9,13H,3-6,10-12,14H2,1-2H3,(H,21,24)(H2,20,22,23);1H. The summed E-state index contributed by atoms with van der Waals surface area (Å²) in [6, 6.07) is 6.10. The average Bonchev–Trinajstić information content (AvgIpc) is 2.55. The number of nitrogens with zero attached hydrogens (tertiary/aromatic N) is 1. The Bertz CT molecular complexity index is 526. The zero-order valence-electron chi connectivity index (χ0n) is 15.1. The summed E-state index contributed by atoms with van der Waals surface area (Å²) in [5, 5.41) is 9.19. The number of guanidine groups is 1. The van der Waals surface area contributed by atoms with Crippen molar-refractivity contribution < 1.29 is 9.18 Å². The average molecular weight is 464 g/mol. The molecule has 0 spiro atoms. The number of nitrogens with one attached hydrogen (secondary N) is 3. The van der Waals surface area contributed by atoms with Crippen molar-refractivity contribution in [1.29, 1.82) is 0 Å². The van der Waals surface area contributed by atoms with Gasteiger partial charge >= 0.3 is 0 Å². The lowest BCUT2D eigenvalue weighted by atomic mass is 10.1. The molecule has 0 fully saturated rings. The number of aliphatic imine (C=N–C) groups is 1. The second kappa shape index (κ2) is 14.9. The van der Waals surface area contributed by atoms with Gasteiger partial charge in [0.15, 0.2) is 5.96 Å². The van der Waals surface area contributed by atoms with Gasteiger partial charge in [0.1, 0.15) is 5.82 Å². The van der Waals surface area contributed by atoms with Crippen LogP contribution in [0.1, 0.15) is 38.7 Å². The van der Waals surface area contributed by atoms with Crippen molar-refractivity contribution in [2.24, 2.45) is 4.99 Å². The van der Waals surface area contributed by atoms with E-state index in [2.05, 4.69) is 27.9 Å². The minimum atomic E-state index is -0.323. The third-order valence-electron chi connectivity index (χ3n) is 3.37. The molecule has 0 aliphatic carbocycles. The predicted molar refractivity (Wildman–Crippen MR) is 112 cm³/mol. The molecule has 142 valence electrons. The van der Waals surface area contributed by atoms with Gasteiger partial charge in [0, 0.05) is 26.2 Å². The monoisotopic (exact) mass is 464 g/mol. The SMILES string of the molecule is CCCCCN=C(NCC)NCCNC(=O)Cc1cccc(F)c1.I. The van der Waals surface area contributed by atoms with E-state index in [1.807, 2.05) is 6.92 Å². The van der Waals surface area contributed by atoms with E-state index in [1.165, 1.54) is 25.0 Å². The highest BCUT2D eigenvalue weighted by Gasteiger charge is 2.04. The van der Waals surface area contributed by atoms with Crippen LogP contribution < -0.4 is 16.0 Å². The Labute approximate surface area is 167 Å². The van der Waals surface area contributed by atoms with E-state index in [4.69, 9.17) is 0 Å². The molecule has 0 unspecified atom stereocenters. The fourth-order valence-corrected chi connectivity index (χ4v) is 2.17. The van der Waals surface area contributed by atoms with Gasteiger partial charge in [-0.1, -0.05) is 31.9 Å². The molecule has 0 radical (unpaired) electrons. The van der Waals surface area contributed by atoms with Gasteiger partial charge in [-0.3, -0.25) is 9.79 Å². The Hall–Kier alpha value is -1.38. The number of benzene rings is 1. The lowest BCUT2D eigenvalue weighted by molar-refractivity contribution is -0.120. The van der Waals surface area contributed by atoms with E-state index in [0.717, 1.165) is 25.5 Å². The first kappa shape index (κ1) is 23.6. The summed E-state index contributed by atoms with van der Waals surface area (Å²) in [5.74, 6) is 0.330. The van der Waals surface area contributed by atoms with Crippen LogP contribution in [0.4, 0.5) is 4.39 Å². The minimum absolute atomic E-state index is 0. The Balaban J connectivity index is 0.00000576. The lowest BCUT2D eigenvalue weighted by Crippen LogP contribution is -2.41.